The van der Waals surface area contributed by atoms with Crippen LogP contribution in [0.1, 0.15) is 54.7 Å². The molecule has 1 fully saturated rings. The molecule has 5 nitrogen and oxygen atoms in total. The molecule has 3 rings (SSSR count). The van der Waals surface area contributed by atoms with Crippen LogP contribution in [0.25, 0.3) is 0 Å². The second kappa shape index (κ2) is 10.4. The molecule has 1 saturated carbocycles. The second-order valence-electron chi connectivity index (χ2n) is 7.23. The van der Waals surface area contributed by atoms with Gasteiger partial charge in [0.05, 0.1) is 44.3 Å². The Bertz CT molecular complexity index is 973. The molecule has 5 heteroatoms. The topological polar surface area (TPSA) is 68.6 Å². The highest BCUT2D eigenvalue weighted by molar-refractivity contribution is 5.71. The van der Waals surface area contributed by atoms with E-state index >= 15 is 0 Å². The Morgan fingerprint density at radius 1 is 1.07 bits per heavy atom. The van der Waals surface area contributed by atoms with Crippen LogP contribution in [0.15, 0.2) is 42.5 Å². The van der Waals surface area contributed by atoms with E-state index in [1.165, 1.54) is 20.0 Å². The van der Waals surface area contributed by atoms with Crippen LogP contribution in [-0.4, -0.2) is 26.3 Å². The quantitative estimate of drug-likeness (QED) is 0.521. The molecular formula is C25H25NO4. The van der Waals surface area contributed by atoms with Crippen molar-refractivity contribution < 1.29 is 19.0 Å². The van der Waals surface area contributed by atoms with Crippen molar-refractivity contribution in [2.45, 2.75) is 44.1 Å². The highest BCUT2D eigenvalue weighted by Crippen LogP contribution is 2.35. The Kier molecular flexibility index (Phi) is 7.35. The van der Waals surface area contributed by atoms with Gasteiger partial charge in [0.2, 0.25) is 0 Å². The van der Waals surface area contributed by atoms with E-state index in [0.29, 0.717) is 17.1 Å². The van der Waals surface area contributed by atoms with E-state index in [-0.39, 0.29) is 24.4 Å². The Hall–Kier alpha value is -3.44. The number of esters is 1. The maximum Gasteiger partial charge on any atom is 0.307 e. The second-order valence-corrected chi connectivity index (χ2v) is 7.23. The van der Waals surface area contributed by atoms with Gasteiger partial charge < -0.3 is 14.2 Å². The molecule has 0 saturated heterocycles. The Morgan fingerprint density at radius 2 is 1.77 bits per heavy atom. The molecule has 0 amide bonds. The van der Waals surface area contributed by atoms with E-state index < -0.39 is 0 Å². The Balaban J connectivity index is 1.89. The van der Waals surface area contributed by atoms with Crippen molar-refractivity contribution >= 4 is 5.97 Å². The van der Waals surface area contributed by atoms with Gasteiger partial charge in [0.25, 0.3) is 0 Å². The highest BCUT2D eigenvalue weighted by atomic mass is 16.5. The minimum Gasteiger partial charge on any atom is -0.493 e. The minimum absolute atomic E-state index is 0.134. The van der Waals surface area contributed by atoms with Gasteiger partial charge in [-0.3, -0.25) is 4.79 Å². The van der Waals surface area contributed by atoms with E-state index in [4.69, 9.17) is 19.5 Å². The van der Waals surface area contributed by atoms with Crippen molar-refractivity contribution in [3.63, 3.8) is 0 Å². The number of ether oxygens (including phenoxy) is 3. The third kappa shape index (κ3) is 5.55. The average molecular weight is 403 g/mol. The summed E-state index contributed by atoms with van der Waals surface area (Å²) in [6.45, 7) is 0. The van der Waals surface area contributed by atoms with Crippen LogP contribution in [0.2, 0.25) is 0 Å². The summed E-state index contributed by atoms with van der Waals surface area (Å²) in [5, 5.41) is 8.93. The maximum atomic E-state index is 12.0. The SMILES string of the molecule is COC(=O)CC(C#Cc1ccc(C#N)cc1)c1ccc(OC)c(OC2CCCC2)c1. The van der Waals surface area contributed by atoms with Crippen LogP contribution >= 0.6 is 0 Å². The van der Waals surface area contributed by atoms with E-state index in [1.54, 1.807) is 31.4 Å². The number of nitriles is 1. The fourth-order valence-corrected chi connectivity index (χ4v) is 3.49. The molecule has 1 unspecified atom stereocenters. The van der Waals surface area contributed by atoms with Crippen molar-refractivity contribution in [3.05, 3.63) is 59.2 Å². The van der Waals surface area contributed by atoms with Crippen LogP contribution in [-0.2, 0) is 9.53 Å². The molecule has 0 radical (unpaired) electrons. The molecule has 0 aliphatic heterocycles. The summed E-state index contributed by atoms with van der Waals surface area (Å²) < 4.78 is 16.5. The highest BCUT2D eigenvalue weighted by Gasteiger charge is 2.21. The monoisotopic (exact) mass is 403 g/mol. The van der Waals surface area contributed by atoms with Gasteiger partial charge in [0.15, 0.2) is 11.5 Å². The summed E-state index contributed by atoms with van der Waals surface area (Å²) in [5.74, 6) is 6.95. The molecule has 0 aromatic heterocycles. The third-order valence-corrected chi connectivity index (χ3v) is 5.19. The van der Waals surface area contributed by atoms with Gasteiger partial charge >= 0.3 is 5.97 Å². The van der Waals surface area contributed by atoms with E-state index in [0.717, 1.165) is 24.0 Å². The summed E-state index contributed by atoms with van der Waals surface area (Å²) in [6.07, 6.45) is 4.75. The first-order chi connectivity index (χ1) is 14.6. The lowest BCUT2D eigenvalue weighted by Gasteiger charge is -2.18. The fraction of sp³-hybridized carbons (Fsp3) is 0.360. The summed E-state index contributed by atoms with van der Waals surface area (Å²) in [4.78, 5) is 12.0. The van der Waals surface area contributed by atoms with Crippen molar-refractivity contribution in [2.75, 3.05) is 14.2 Å². The van der Waals surface area contributed by atoms with Crippen molar-refractivity contribution in [1.82, 2.24) is 0 Å². The van der Waals surface area contributed by atoms with Gasteiger partial charge in [-0.1, -0.05) is 17.9 Å². The fourth-order valence-electron chi connectivity index (χ4n) is 3.49. The molecule has 154 valence electrons. The van der Waals surface area contributed by atoms with Crippen LogP contribution in [0.4, 0.5) is 0 Å². The zero-order valence-electron chi connectivity index (χ0n) is 17.3. The average Bonchev–Trinajstić information content (AvgIpc) is 3.29. The third-order valence-electron chi connectivity index (χ3n) is 5.19. The zero-order chi connectivity index (χ0) is 21.3. The van der Waals surface area contributed by atoms with Gasteiger partial charge in [0, 0.05) is 5.56 Å². The number of carbonyl (C=O) groups excluding carboxylic acids is 1. The number of hydrogen-bond donors (Lipinski definition) is 0. The predicted molar refractivity (Wildman–Crippen MR) is 113 cm³/mol. The number of nitrogens with zero attached hydrogens (tertiary/aromatic N) is 1. The lowest BCUT2D eigenvalue weighted by molar-refractivity contribution is -0.140. The Morgan fingerprint density at radius 3 is 2.40 bits per heavy atom. The Labute approximate surface area is 177 Å². The van der Waals surface area contributed by atoms with Gasteiger partial charge in [-0.2, -0.15) is 5.26 Å². The molecule has 1 aliphatic carbocycles. The molecule has 2 aromatic carbocycles. The summed E-state index contributed by atoms with van der Waals surface area (Å²) in [7, 11) is 2.99. The largest absolute Gasteiger partial charge is 0.493 e. The first-order valence-corrected chi connectivity index (χ1v) is 10.1. The van der Waals surface area contributed by atoms with Gasteiger partial charge in [-0.15, -0.1) is 0 Å². The van der Waals surface area contributed by atoms with Crippen molar-refractivity contribution in [1.29, 1.82) is 5.26 Å². The molecule has 1 atom stereocenters. The molecule has 30 heavy (non-hydrogen) atoms. The van der Waals surface area contributed by atoms with E-state index in [9.17, 15) is 4.79 Å². The summed E-state index contributed by atoms with van der Waals surface area (Å²) in [6, 6.07) is 14.8. The maximum absolute atomic E-state index is 12.0. The van der Waals surface area contributed by atoms with Crippen LogP contribution in [0.5, 0.6) is 11.5 Å². The number of methoxy groups -OCH3 is 2. The lowest BCUT2D eigenvalue weighted by Crippen LogP contribution is -2.12. The van der Waals surface area contributed by atoms with Gasteiger partial charge in [-0.05, 0) is 67.6 Å². The van der Waals surface area contributed by atoms with Crippen LogP contribution < -0.4 is 9.47 Å². The summed E-state index contributed by atoms with van der Waals surface area (Å²) in [5.41, 5.74) is 2.23. The molecule has 0 N–H and O–H groups in total. The number of benzene rings is 2. The number of carbonyl (C=O) groups is 1. The van der Waals surface area contributed by atoms with Gasteiger partial charge in [0.1, 0.15) is 0 Å². The van der Waals surface area contributed by atoms with Crippen molar-refractivity contribution in [3.8, 4) is 29.4 Å². The smallest absolute Gasteiger partial charge is 0.307 e. The standard InChI is InChI=1S/C25H25NO4/c1-28-23-14-13-20(15-24(23)30-22-5-3-4-6-22)21(16-25(27)29-2)12-11-18-7-9-19(17-26)10-8-18/h7-10,13-15,21-22H,3-6,16H2,1-2H3. The van der Waals surface area contributed by atoms with Crippen LogP contribution in [0.3, 0.4) is 0 Å². The number of hydrogen-bond acceptors (Lipinski definition) is 5. The van der Waals surface area contributed by atoms with Crippen molar-refractivity contribution in [2.24, 2.45) is 0 Å². The minimum atomic E-state index is -0.357. The molecular weight excluding hydrogens is 378 g/mol. The molecule has 0 bridgehead atoms. The molecule has 0 spiro atoms. The first-order valence-electron chi connectivity index (χ1n) is 10.1. The lowest BCUT2D eigenvalue weighted by atomic mass is 9.95. The number of rotatable bonds is 6. The first kappa shape index (κ1) is 21.3. The van der Waals surface area contributed by atoms with E-state index in [1.807, 2.05) is 18.2 Å². The summed E-state index contributed by atoms with van der Waals surface area (Å²) >= 11 is 0. The zero-order valence-corrected chi connectivity index (χ0v) is 17.3. The normalized spacial score (nSPS) is 14.2. The van der Waals surface area contributed by atoms with E-state index in [2.05, 4.69) is 17.9 Å². The van der Waals surface area contributed by atoms with Gasteiger partial charge in [-0.25, -0.2) is 0 Å². The molecule has 2 aromatic rings. The van der Waals surface area contributed by atoms with Crippen LogP contribution in [0, 0.1) is 23.2 Å². The predicted octanol–water partition coefficient (Wildman–Crippen LogP) is 4.59. The molecule has 1 aliphatic rings. The molecule has 0 heterocycles.